The first-order valence-electron chi connectivity index (χ1n) is 7.56. The number of aromatic amines is 1. The van der Waals surface area contributed by atoms with Crippen LogP contribution in [0.25, 0.3) is 10.9 Å². The van der Waals surface area contributed by atoms with E-state index in [0.29, 0.717) is 12.2 Å². The summed E-state index contributed by atoms with van der Waals surface area (Å²) in [5, 5.41) is 0.998. The van der Waals surface area contributed by atoms with Crippen molar-refractivity contribution in [3.05, 3.63) is 70.0 Å². The molecule has 1 heterocycles. The van der Waals surface area contributed by atoms with Gasteiger partial charge in [0, 0.05) is 11.7 Å². The number of benzene rings is 2. The fourth-order valence-corrected chi connectivity index (χ4v) is 2.38. The number of ether oxygens (including phenoxy) is 1. The van der Waals surface area contributed by atoms with Gasteiger partial charge in [-0.2, -0.15) is 0 Å². The maximum atomic E-state index is 12.1. The molecular formula is C19H18N2O2. The van der Waals surface area contributed by atoms with Crippen LogP contribution in [0.5, 0.6) is 5.75 Å². The Bertz CT molecular complexity index is 909. The van der Waals surface area contributed by atoms with Crippen LogP contribution in [0.3, 0.4) is 0 Å². The maximum absolute atomic E-state index is 12.1. The zero-order valence-corrected chi connectivity index (χ0v) is 13.2. The van der Waals surface area contributed by atoms with Crippen molar-refractivity contribution in [3.63, 3.8) is 0 Å². The number of nitrogens with one attached hydrogen (secondary N) is 1. The SMILES string of the molecule is CCOc1ccc(N=Cc2cc3cc(C)ccc3[nH]c2=O)cc1. The molecule has 0 saturated heterocycles. The first kappa shape index (κ1) is 15.0. The lowest BCUT2D eigenvalue weighted by Gasteiger charge is -2.02. The molecule has 0 radical (unpaired) electrons. The van der Waals surface area contributed by atoms with Gasteiger partial charge in [-0.1, -0.05) is 11.6 Å². The van der Waals surface area contributed by atoms with Gasteiger partial charge in [0.1, 0.15) is 5.75 Å². The van der Waals surface area contributed by atoms with Crippen molar-refractivity contribution in [2.45, 2.75) is 13.8 Å². The molecule has 1 aromatic heterocycles. The molecule has 0 aliphatic heterocycles. The normalized spacial score (nSPS) is 11.2. The Morgan fingerprint density at radius 2 is 1.91 bits per heavy atom. The summed E-state index contributed by atoms with van der Waals surface area (Å²) in [6.07, 6.45) is 1.59. The van der Waals surface area contributed by atoms with Crippen molar-refractivity contribution >= 4 is 22.8 Å². The van der Waals surface area contributed by atoms with Crippen LogP contribution in [-0.4, -0.2) is 17.8 Å². The van der Waals surface area contributed by atoms with E-state index in [2.05, 4.69) is 9.98 Å². The number of pyridine rings is 1. The lowest BCUT2D eigenvalue weighted by molar-refractivity contribution is 0.340. The highest BCUT2D eigenvalue weighted by Gasteiger charge is 2.01. The van der Waals surface area contributed by atoms with E-state index in [1.165, 1.54) is 0 Å². The highest BCUT2D eigenvalue weighted by molar-refractivity contribution is 5.88. The Kier molecular flexibility index (Phi) is 4.24. The molecule has 0 bridgehead atoms. The second kappa shape index (κ2) is 6.48. The van der Waals surface area contributed by atoms with Crippen LogP contribution in [0.4, 0.5) is 5.69 Å². The van der Waals surface area contributed by atoms with Crippen molar-refractivity contribution in [3.8, 4) is 5.75 Å². The molecule has 0 unspecified atom stereocenters. The first-order chi connectivity index (χ1) is 11.2. The van der Waals surface area contributed by atoms with Gasteiger partial charge in [-0.25, -0.2) is 0 Å². The predicted octanol–water partition coefficient (Wildman–Crippen LogP) is 3.99. The average Bonchev–Trinajstić information content (AvgIpc) is 2.55. The van der Waals surface area contributed by atoms with Gasteiger partial charge < -0.3 is 9.72 Å². The van der Waals surface area contributed by atoms with Crippen LogP contribution in [0.1, 0.15) is 18.1 Å². The molecule has 0 fully saturated rings. The van der Waals surface area contributed by atoms with Gasteiger partial charge >= 0.3 is 0 Å². The zero-order chi connectivity index (χ0) is 16.2. The maximum Gasteiger partial charge on any atom is 0.257 e. The number of aryl methyl sites for hydroxylation is 1. The summed E-state index contributed by atoms with van der Waals surface area (Å²) in [4.78, 5) is 19.4. The standard InChI is InChI=1S/C19H18N2O2/c1-3-23-17-7-5-16(6-8-17)20-12-15-11-14-10-13(2)4-9-18(14)21-19(15)22/h4-12H,3H2,1-2H3,(H,21,22). The van der Waals surface area contributed by atoms with Crippen molar-refractivity contribution in [2.24, 2.45) is 4.99 Å². The fourth-order valence-electron chi connectivity index (χ4n) is 2.38. The molecule has 4 heteroatoms. The Hall–Kier alpha value is -2.88. The average molecular weight is 306 g/mol. The number of rotatable bonds is 4. The quantitative estimate of drug-likeness (QED) is 0.741. The van der Waals surface area contributed by atoms with E-state index in [4.69, 9.17) is 4.74 Å². The molecule has 2 aromatic carbocycles. The van der Waals surface area contributed by atoms with Crippen molar-refractivity contribution in [2.75, 3.05) is 6.61 Å². The van der Waals surface area contributed by atoms with Gasteiger partial charge in [0.15, 0.2) is 0 Å². The molecule has 23 heavy (non-hydrogen) atoms. The largest absolute Gasteiger partial charge is 0.494 e. The molecule has 0 aliphatic rings. The minimum Gasteiger partial charge on any atom is -0.494 e. The fraction of sp³-hybridized carbons (Fsp3) is 0.158. The smallest absolute Gasteiger partial charge is 0.257 e. The number of H-pyrrole nitrogens is 1. The Labute approximate surface area is 134 Å². The molecule has 0 aliphatic carbocycles. The van der Waals surface area contributed by atoms with Gasteiger partial charge in [-0.15, -0.1) is 0 Å². The molecule has 0 amide bonds. The van der Waals surface area contributed by atoms with Crippen molar-refractivity contribution in [1.29, 1.82) is 0 Å². The van der Waals surface area contributed by atoms with Crippen molar-refractivity contribution in [1.82, 2.24) is 4.98 Å². The van der Waals surface area contributed by atoms with Gasteiger partial charge in [0.05, 0.1) is 17.9 Å². The minimum absolute atomic E-state index is 0.143. The molecule has 1 N–H and O–H groups in total. The molecule has 0 saturated carbocycles. The molecule has 4 nitrogen and oxygen atoms in total. The summed E-state index contributed by atoms with van der Waals surface area (Å²) >= 11 is 0. The van der Waals surface area contributed by atoms with Crippen LogP contribution >= 0.6 is 0 Å². The summed E-state index contributed by atoms with van der Waals surface area (Å²) in [7, 11) is 0. The lowest BCUT2D eigenvalue weighted by Crippen LogP contribution is -2.11. The summed E-state index contributed by atoms with van der Waals surface area (Å²) in [5.74, 6) is 0.811. The van der Waals surface area contributed by atoms with E-state index in [1.807, 2.05) is 62.4 Å². The Morgan fingerprint density at radius 3 is 2.65 bits per heavy atom. The van der Waals surface area contributed by atoms with Crippen LogP contribution in [0.2, 0.25) is 0 Å². The topological polar surface area (TPSA) is 54.4 Å². The Balaban J connectivity index is 1.90. The number of hydrogen-bond donors (Lipinski definition) is 1. The highest BCUT2D eigenvalue weighted by Crippen LogP contribution is 2.18. The third-order valence-corrected chi connectivity index (χ3v) is 3.53. The second-order valence-corrected chi connectivity index (χ2v) is 5.33. The van der Waals surface area contributed by atoms with Crippen LogP contribution < -0.4 is 10.3 Å². The summed E-state index contributed by atoms with van der Waals surface area (Å²) in [6.45, 7) is 4.60. The number of aromatic nitrogens is 1. The van der Waals surface area contributed by atoms with Crippen LogP contribution in [0, 0.1) is 6.92 Å². The van der Waals surface area contributed by atoms with Gasteiger partial charge in [-0.3, -0.25) is 9.79 Å². The van der Waals surface area contributed by atoms with E-state index in [9.17, 15) is 4.79 Å². The predicted molar refractivity (Wildman–Crippen MR) is 94.2 cm³/mol. The van der Waals surface area contributed by atoms with Crippen LogP contribution in [-0.2, 0) is 0 Å². The lowest BCUT2D eigenvalue weighted by atomic mass is 10.1. The number of hydrogen-bond acceptors (Lipinski definition) is 3. The third kappa shape index (κ3) is 3.48. The monoisotopic (exact) mass is 306 g/mol. The molecule has 3 rings (SSSR count). The number of aliphatic imine (C=N–C) groups is 1. The molecular weight excluding hydrogens is 288 g/mol. The second-order valence-electron chi connectivity index (χ2n) is 5.33. The van der Waals surface area contributed by atoms with Gasteiger partial charge in [0.25, 0.3) is 5.56 Å². The molecule has 0 atom stereocenters. The van der Waals surface area contributed by atoms with Gasteiger partial charge in [-0.05, 0) is 61.7 Å². The number of fused-ring (bicyclic) bond motifs is 1. The van der Waals surface area contributed by atoms with E-state index < -0.39 is 0 Å². The van der Waals surface area contributed by atoms with E-state index in [1.54, 1.807) is 6.21 Å². The highest BCUT2D eigenvalue weighted by atomic mass is 16.5. The third-order valence-electron chi connectivity index (χ3n) is 3.53. The van der Waals surface area contributed by atoms with Crippen molar-refractivity contribution < 1.29 is 4.74 Å². The van der Waals surface area contributed by atoms with Gasteiger partial charge in [0.2, 0.25) is 0 Å². The number of nitrogens with zero attached hydrogens (tertiary/aromatic N) is 1. The minimum atomic E-state index is -0.143. The molecule has 0 spiro atoms. The Morgan fingerprint density at radius 1 is 1.13 bits per heavy atom. The van der Waals surface area contributed by atoms with Crippen LogP contribution in [0.15, 0.2) is 58.3 Å². The van der Waals surface area contributed by atoms with E-state index >= 15 is 0 Å². The summed E-state index contributed by atoms with van der Waals surface area (Å²) < 4.78 is 5.40. The van der Waals surface area contributed by atoms with E-state index in [0.717, 1.165) is 27.9 Å². The summed E-state index contributed by atoms with van der Waals surface area (Å²) in [6, 6.07) is 15.3. The molecule has 3 aromatic rings. The summed E-state index contributed by atoms with van der Waals surface area (Å²) in [5.41, 5.74) is 3.16. The zero-order valence-electron chi connectivity index (χ0n) is 13.2. The first-order valence-corrected chi connectivity index (χ1v) is 7.56. The molecule has 116 valence electrons. The van der Waals surface area contributed by atoms with E-state index in [-0.39, 0.29) is 5.56 Å².